The Labute approximate surface area is 118 Å². The van der Waals surface area contributed by atoms with Crippen molar-refractivity contribution in [2.24, 2.45) is 0 Å². The number of nitrogens with one attached hydrogen (secondary N) is 1. The molecule has 0 radical (unpaired) electrons. The maximum Gasteiger partial charge on any atom is 0.416 e. The molecule has 6 heteroatoms. The minimum atomic E-state index is -4.37. The molecular formula is C13H11ClF3NS. The molecule has 0 atom stereocenters. The average Bonchev–Trinajstić information content (AvgIpc) is 2.76. The maximum atomic E-state index is 12.5. The molecule has 0 saturated carbocycles. The van der Waals surface area contributed by atoms with E-state index in [1.165, 1.54) is 17.4 Å². The van der Waals surface area contributed by atoms with Gasteiger partial charge in [-0.15, -0.1) is 11.3 Å². The van der Waals surface area contributed by atoms with E-state index in [1.807, 2.05) is 19.2 Å². The molecule has 0 fully saturated rings. The quantitative estimate of drug-likeness (QED) is 0.858. The predicted octanol–water partition coefficient (Wildman–Crippen LogP) is 4.81. The van der Waals surface area contributed by atoms with Crippen LogP contribution in [0.3, 0.4) is 0 Å². The minimum Gasteiger partial charge on any atom is -0.315 e. The number of benzene rings is 1. The van der Waals surface area contributed by atoms with Crippen molar-refractivity contribution in [1.29, 1.82) is 0 Å². The molecule has 1 aromatic carbocycles. The van der Waals surface area contributed by atoms with Crippen LogP contribution in [0.5, 0.6) is 0 Å². The first-order chi connectivity index (χ1) is 8.91. The van der Waals surface area contributed by atoms with Crippen LogP contribution in [0.2, 0.25) is 5.02 Å². The molecule has 0 aliphatic rings. The third-order valence-corrected chi connectivity index (χ3v) is 4.01. The number of rotatable bonds is 3. The zero-order valence-corrected chi connectivity index (χ0v) is 11.6. The molecule has 19 heavy (non-hydrogen) atoms. The van der Waals surface area contributed by atoms with Crippen molar-refractivity contribution >= 4 is 22.9 Å². The summed E-state index contributed by atoms with van der Waals surface area (Å²) in [6.07, 6.45) is -4.37. The van der Waals surface area contributed by atoms with Crippen molar-refractivity contribution in [3.8, 4) is 10.4 Å². The minimum absolute atomic E-state index is 0.118. The van der Waals surface area contributed by atoms with Gasteiger partial charge in [0.2, 0.25) is 0 Å². The Kier molecular flexibility index (Phi) is 4.18. The van der Waals surface area contributed by atoms with E-state index in [2.05, 4.69) is 5.32 Å². The summed E-state index contributed by atoms with van der Waals surface area (Å²) in [6, 6.07) is 7.24. The van der Waals surface area contributed by atoms with Crippen molar-refractivity contribution in [2.75, 3.05) is 7.05 Å². The smallest absolute Gasteiger partial charge is 0.315 e. The molecule has 102 valence electrons. The van der Waals surface area contributed by atoms with Gasteiger partial charge in [0.15, 0.2) is 0 Å². The second kappa shape index (κ2) is 5.53. The van der Waals surface area contributed by atoms with Crippen molar-refractivity contribution in [1.82, 2.24) is 5.32 Å². The van der Waals surface area contributed by atoms with Crippen LogP contribution in [-0.2, 0) is 12.7 Å². The van der Waals surface area contributed by atoms with E-state index in [-0.39, 0.29) is 5.02 Å². The highest BCUT2D eigenvalue weighted by Crippen LogP contribution is 2.37. The van der Waals surface area contributed by atoms with Crippen molar-refractivity contribution < 1.29 is 13.2 Å². The van der Waals surface area contributed by atoms with Gasteiger partial charge in [-0.1, -0.05) is 17.7 Å². The number of hydrogen-bond donors (Lipinski definition) is 1. The van der Waals surface area contributed by atoms with Crippen LogP contribution < -0.4 is 5.32 Å². The first kappa shape index (κ1) is 14.4. The topological polar surface area (TPSA) is 12.0 Å². The Balaban J connectivity index is 2.35. The number of thiophene rings is 1. The van der Waals surface area contributed by atoms with Crippen LogP contribution in [0.15, 0.2) is 30.3 Å². The van der Waals surface area contributed by atoms with Gasteiger partial charge in [-0.05, 0) is 31.3 Å². The normalized spacial score (nSPS) is 11.8. The number of hydrogen-bond acceptors (Lipinski definition) is 2. The van der Waals surface area contributed by atoms with E-state index in [4.69, 9.17) is 11.6 Å². The third kappa shape index (κ3) is 3.29. The van der Waals surface area contributed by atoms with Gasteiger partial charge in [-0.25, -0.2) is 0 Å². The van der Waals surface area contributed by atoms with Crippen molar-refractivity contribution in [3.63, 3.8) is 0 Å². The van der Waals surface area contributed by atoms with E-state index in [1.54, 1.807) is 0 Å². The highest BCUT2D eigenvalue weighted by Gasteiger charge is 2.31. The Morgan fingerprint density at radius 1 is 1.21 bits per heavy atom. The molecule has 0 saturated heterocycles. The SMILES string of the molecule is CNCc1ccc(-c2ccc(C(F)(F)F)cc2Cl)s1. The lowest BCUT2D eigenvalue weighted by Gasteiger charge is -2.08. The van der Waals surface area contributed by atoms with E-state index in [9.17, 15) is 13.2 Å². The fourth-order valence-corrected chi connectivity index (χ4v) is 3.08. The summed E-state index contributed by atoms with van der Waals surface area (Å²) in [5.41, 5.74) is -0.102. The molecule has 2 rings (SSSR count). The molecule has 1 nitrogen and oxygen atoms in total. The molecule has 0 amide bonds. The van der Waals surface area contributed by atoms with Crippen LogP contribution in [0.4, 0.5) is 13.2 Å². The summed E-state index contributed by atoms with van der Waals surface area (Å²) in [4.78, 5) is 1.97. The van der Waals surface area contributed by atoms with Crippen LogP contribution in [0, 0.1) is 0 Å². The van der Waals surface area contributed by atoms with Gasteiger partial charge in [-0.3, -0.25) is 0 Å². The molecule has 2 aromatic rings. The summed E-state index contributed by atoms with van der Waals surface area (Å²) in [5, 5.41) is 3.14. The largest absolute Gasteiger partial charge is 0.416 e. The molecule has 0 aliphatic heterocycles. The second-order valence-corrected chi connectivity index (χ2v) is 5.56. The van der Waals surface area contributed by atoms with E-state index >= 15 is 0 Å². The average molecular weight is 306 g/mol. The molecule has 0 unspecified atom stereocenters. The first-order valence-corrected chi connectivity index (χ1v) is 6.71. The molecule has 1 aromatic heterocycles. The molecule has 0 spiro atoms. The van der Waals surface area contributed by atoms with Gasteiger partial charge in [-0.2, -0.15) is 13.2 Å². The lowest BCUT2D eigenvalue weighted by Crippen LogP contribution is -2.04. The number of alkyl halides is 3. The van der Waals surface area contributed by atoms with Gasteiger partial charge in [0.1, 0.15) is 0 Å². The molecular weight excluding hydrogens is 295 g/mol. The summed E-state index contributed by atoms with van der Waals surface area (Å²) < 4.78 is 37.6. The molecule has 0 aliphatic carbocycles. The van der Waals surface area contributed by atoms with Crippen LogP contribution in [-0.4, -0.2) is 7.05 Å². The molecule has 1 heterocycles. The predicted molar refractivity (Wildman–Crippen MR) is 72.5 cm³/mol. The van der Waals surface area contributed by atoms with Gasteiger partial charge in [0.05, 0.1) is 5.56 Å². The van der Waals surface area contributed by atoms with E-state index in [0.29, 0.717) is 5.56 Å². The maximum absolute atomic E-state index is 12.5. The summed E-state index contributed by atoms with van der Waals surface area (Å²) in [5.74, 6) is 0. The van der Waals surface area contributed by atoms with Gasteiger partial charge < -0.3 is 5.32 Å². The second-order valence-electron chi connectivity index (χ2n) is 3.99. The van der Waals surface area contributed by atoms with Crippen LogP contribution in [0.25, 0.3) is 10.4 Å². The Bertz CT molecular complexity index is 578. The van der Waals surface area contributed by atoms with Crippen molar-refractivity contribution in [3.05, 3.63) is 45.8 Å². The highest BCUT2D eigenvalue weighted by atomic mass is 35.5. The summed E-state index contributed by atoms with van der Waals surface area (Å²) in [6.45, 7) is 0.725. The van der Waals surface area contributed by atoms with Crippen LogP contribution in [0.1, 0.15) is 10.4 Å². The van der Waals surface area contributed by atoms with E-state index < -0.39 is 11.7 Å². The van der Waals surface area contributed by atoms with Gasteiger partial charge in [0, 0.05) is 26.9 Å². The van der Waals surface area contributed by atoms with Gasteiger partial charge >= 0.3 is 6.18 Å². The fraction of sp³-hybridized carbons (Fsp3) is 0.231. The first-order valence-electron chi connectivity index (χ1n) is 5.52. The lowest BCUT2D eigenvalue weighted by atomic mass is 10.1. The Morgan fingerprint density at radius 3 is 2.53 bits per heavy atom. The van der Waals surface area contributed by atoms with Gasteiger partial charge in [0.25, 0.3) is 0 Å². The highest BCUT2D eigenvalue weighted by molar-refractivity contribution is 7.15. The number of halogens is 4. The summed E-state index contributed by atoms with van der Waals surface area (Å²) >= 11 is 7.46. The molecule has 1 N–H and O–H groups in total. The standard InChI is InChI=1S/C13H11ClF3NS/c1-18-7-9-3-5-12(19-9)10-4-2-8(6-11(10)14)13(15,16)17/h2-6,18H,7H2,1H3. The zero-order valence-electron chi connectivity index (χ0n) is 10.0. The lowest BCUT2D eigenvalue weighted by molar-refractivity contribution is -0.137. The third-order valence-electron chi connectivity index (χ3n) is 2.57. The zero-order chi connectivity index (χ0) is 14.0. The Hall–Kier alpha value is -1.04. The Morgan fingerprint density at radius 2 is 1.95 bits per heavy atom. The monoisotopic (exact) mass is 305 g/mol. The molecule has 0 bridgehead atoms. The van der Waals surface area contributed by atoms with Crippen LogP contribution >= 0.6 is 22.9 Å². The summed E-state index contributed by atoms with van der Waals surface area (Å²) in [7, 11) is 1.84. The van der Waals surface area contributed by atoms with Crippen molar-refractivity contribution in [2.45, 2.75) is 12.7 Å². The fourth-order valence-electron chi connectivity index (χ4n) is 1.68. The van der Waals surface area contributed by atoms with E-state index in [0.717, 1.165) is 28.4 Å².